The smallest absolute Gasteiger partial charge is 0.493 e. The quantitative estimate of drug-likeness (QED) is 0.347. The van der Waals surface area contributed by atoms with Crippen LogP contribution >= 0.6 is 0 Å². The molecule has 26 heavy (non-hydrogen) atoms. The first kappa shape index (κ1) is 17.9. The number of unbranched alkanes of at least 4 members (excludes halogenated alkanes) is 1. The summed E-state index contributed by atoms with van der Waals surface area (Å²) in [6.45, 7) is 8.98. The molecule has 0 bridgehead atoms. The average molecular weight is 352 g/mol. The number of aryl methyl sites for hydroxylation is 2. The minimum Gasteiger partial charge on any atom is -0.493 e. The molecule has 0 aromatic heterocycles. The van der Waals surface area contributed by atoms with Gasteiger partial charge in [0.15, 0.2) is 6.54 Å². The van der Waals surface area contributed by atoms with Crippen LogP contribution in [-0.2, 0) is 4.74 Å². The van der Waals surface area contributed by atoms with Crippen LogP contribution in [0, 0.1) is 13.8 Å². The molecule has 5 heteroatoms. The summed E-state index contributed by atoms with van der Waals surface area (Å²) in [7, 11) is 0. The molecule has 3 rings (SSSR count). The number of carbonyl (C=O) groups excluding carboxylic acids is 2. The van der Waals surface area contributed by atoms with Crippen molar-refractivity contribution in [2.75, 3.05) is 13.2 Å². The third kappa shape index (κ3) is 3.67. The molecule has 1 amide bonds. The fourth-order valence-corrected chi connectivity index (χ4v) is 2.98. The summed E-state index contributed by atoms with van der Waals surface area (Å²) in [4.78, 5) is 24.0. The van der Waals surface area contributed by atoms with Gasteiger partial charge < -0.3 is 9.47 Å². The van der Waals surface area contributed by atoms with Crippen LogP contribution in [0.5, 0.6) is 5.75 Å². The zero-order valence-electron chi connectivity index (χ0n) is 15.1. The predicted octanol–water partition coefficient (Wildman–Crippen LogP) is 2.35. The molecular weight excluding hydrogens is 330 g/mol. The summed E-state index contributed by atoms with van der Waals surface area (Å²) < 4.78 is 12.2. The average Bonchev–Trinajstić information content (AvgIpc) is 2.60. The van der Waals surface area contributed by atoms with Gasteiger partial charge in [-0.2, -0.15) is 4.79 Å². The number of rotatable bonds is 6. The lowest BCUT2D eigenvalue weighted by atomic mass is 10.1. The Morgan fingerprint density at radius 1 is 1.12 bits per heavy atom. The number of esters is 1. The Hall–Kier alpha value is -2.95. The normalized spacial score (nSPS) is 13.4. The van der Waals surface area contributed by atoms with Gasteiger partial charge in [0.25, 0.3) is 0 Å². The Balaban J connectivity index is 1.67. The molecule has 0 saturated heterocycles. The number of para-hydroxylation sites is 1. The first-order chi connectivity index (χ1) is 12.5. The van der Waals surface area contributed by atoms with Crippen LogP contribution in [0.15, 0.2) is 36.4 Å². The zero-order chi connectivity index (χ0) is 18.7. The van der Waals surface area contributed by atoms with E-state index < -0.39 is 12.1 Å². The largest absolute Gasteiger partial charge is 0.605 e. The lowest BCUT2D eigenvalue weighted by molar-refractivity contribution is 0.0586. The highest BCUT2D eigenvalue weighted by molar-refractivity contribution is 5.98. The fourth-order valence-electron chi connectivity index (χ4n) is 2.98. The fraction of sp³-hybridized carbons (Fsp3) is 0.286. The Morgan fingerprint density at radius 3 is 2.73 bits per heavy atom. The molecule has 2 aromatic carbocycles. The SMILES string of the molecule is C=c1cccc2c1=[N+](CCCCOc1cc(C)ccc1C)C(=O)OC2=O. The first-order valence-electron chi connectivity index (χ1n) is 8.66. The number of cyclic esters (lactones) is 2. The predicted molar refractivity (Wildman–Crippen MR) is 98.8 cm³/mol. The van der Waals surface area contributed by atoms with Crippen molar-refractivity contribution in [1.29, 1.82) is 0 Å². The van der Waals surface area contributed by atoms with E-state index in [-0.39, 0.29) is 0 Å². The maximum absolute atomic E-state index is 12.1. The molecule has 0 atom stereocenters. The molecule has 0 radical (unpaired) electrons. The van der Waals surface area contributed by atoms with Gasteiger partial charge in [-0.1, -0.05) is 24.8 Å². The van der Waals surface area contributed by atoms with Crippen LogP contribution in [0.25, 0.3) is 6.58 Å². The number of nitrogens with zero attached hydrogens (tertiary/aromatic N) is 1. The minimum absolute atomic E-state index is 0.378. The number of hydrogen-bond donors (Lipinski definition) is 0. The van der Waals surface area contributed by atoms with E-state index in [1.165, 1.54) is 4.58 Å². The van der Waals surface area contributed by atoms with Crippen molar-refractivity contribution >= 4 is 18.6 Å². The summed E-state index contributed by atoms with van der Waals surface area (Å²) in [5.41, 5.74) is 2.64. The molecule has 134 valence electrons. The first-order valence-corrected chi connectivity index (χ1v) is 8.66. The van der Waals surface area contributed by atoms with Crippen molar-refractivity contribution in [2.45, 2.75) is 26.7 Å². The van der Waals surface area contributed by atoms with Crippen LogP contribution in [0.3, 0.4) is 0 Å². The number of hydrogen-bond acceptors (Lipinski definition) is 4. The van der Waals surface area contributed by atoms with Gasteiger partial charge in [0.2, 0.25) is 5.36 Å². The molecule has 1 heterocycles. The maximum atomic E-state index is 12.1. The molecule has 1 aliphatic rings. The highest BCUT2D eigenvalue weighted by atomic mass is 16.6. The summed E-state index contributed by atoms with van der Waals surface area (Å²) in [6.07, 6.45) is 0.857. The second-order valence-corrected chi connectivity index (χ2v) is 6.44. The summed E-state index contributed by atoms with van der Waals surface area (Å²) in [5.74, 6) is 0.267. The number of carbonyl (C=O) groups is 2. The van der Waals surface area contributed by atoms with E-state index in [0.29, 0.717) is 29.3 Å². The van der Waals surface area contributed by atoms with Crippen molar-refractivity contribution in [3.63, 3.8) is 0 Å². The van der Waals surface area contributed by atoms with Crippen molar-refractivity contribution in [3.8, 4) is 5.75 Å². The number of fused-ring (bicyclic) bond motifs is 1. The third-order valence-corrected chi connectivity index (χ3v) is 4.39. The van der Waals surface area contributed by atoms with Gasteiger partial charge in [0.1, 0.15) is 11.3 Å². The van der Waals surface area contributed by atoms with Crippen molar-refractivity contribution in [2.24, 2.45) is 0 Å². The highest BCUT2D eigenvalue weighted by Gasteiger charge is 2.33. The van der Waals surface area contributed by atoms with E-state index in [2.05, 4.69) is 12.6 Å². The van der Waals surface area contributed by atoms with E-state index in [1.54, 1.807) is 18.2 Å². The second kappa shape index (κ2) is 7.52. The van der Waals surface area contributed by atoms with E-state index >= 15 is 0 Å². The number of amides is 1. The molecule has 0 fully saturated rings. The van der Waals surface area contributed by atoms with Gasteiger partial charge in [-0.05, 0) is 49.6 Å². The lowest BCUT2D eigenvalue weighted by Gasteiger charge is -2.10. The molecule has 0 spiro atoms. The molecule has 0 aliphatic carbocycles. The Labute approximate surface area is 152 Å². The standard InChI is InChI=1S/C21H22NO4/c1-14-9-10-15(2)18(13-14)25-12-5-4-11-22-19-16(3)7-6-8-17(19)20(23)26-21(22)24/h6-10,13H,3-5,11-12H2,1-2H3/q+1. The molecule has 0 unspecified atom stereocenters. The van der Waals surface area contributed by atoms with Crippen molar-refractivity contribution in [1.82, 2.24) is 4.58 Å². The number of benzene rings is 2. The topological polar surface area (TPSA) is 55.6 Å². The monoisotopic (exact) mass is 352 g/mol. The number of ether oxygens (including phenoxy) is 2. The summed E-state index contributed by atoms with van der Waals surface area (Å²) >= 11 is 0. The molecule has 0 N–H and O–H groups in total. The van der Waals surface area contributed by atoms with Gasteiger partial charge in [0.05, 0.1) is 6.61 Å². The van der Waals surface area contributed by atoms with Gasteiger partial charge in [0, 0.05) is 11.6 Å². The second-order valence-electron chi connectivity index (χ2n) is 6.44. The van der Waals surface area contributed by atoms with Gasteiger partial charge in [-0.15, -0.1) is 4.58 Å². The van der Waals surface area contributed by atoms with Crippen LogP contribution in [0.2, 0.25) is 0 Å². The van der Waals surface area contributed by atoms with Crippen LogP contribution in [0.4, 0.5) is 4.79 Å². The maximum Gasteiger partial charge on any atom is 0.605 e. The lowest BCUT2D eigenvalue weighted by Crippen LogP contribution is -2.51. The van der Waals surface area contributed by atoms with Crippen molar-refractivity contribution in [3.05, 3.63) is 63.7 Å². The molecule has 5 nitrogen and oxygen atoms in total. The van der Waals surface area contributed by atoms with E-state index in [9.17, 15) is 9.59 Å². The van der Waals surface area contributed by atoms with Gasteiger partial charge in [-0.3, -0.25) is 0 Å². The van der Waals surface area contributed by atoms with E-state index in [1.807, 2.05) is 26.0 Å². The van der Waals surface area contributed by atoms with E-state index in [0.717, 1.165) is 29.7 Å². The summed E-state index contributed by atoms with van der Waals surface area (Å²) in [6, 6.07) is 11.3. The van der Waals surface area contributed by atoms with Crippen LogP contribution in [0.1, 0.15) is 34.3 Å². The minimum atomic E-state index is -0.644. The third-order valence-electron chi connectivity index (χ3n) is 4.39. The van der Waals surface area contributed by atoms with Crippen LogP contribution < -0.4 is 19.9 Å². The molecule has 0 saturated carbocycles. The van der Waals surface area contributed by atoms with E-state index in [4.69, 9.17) is 9.47 Å². The Morgan fingerprint density at radius 2 is 1.92 bits per heavy atom. The zero-order valence-corrected chi connectivity index (χ0v) is 15.1. The summed E-state index contributed by atoms with van der Waals surface area (Å²) in [5, 5.41) is 1.18. The molecule has 2 aromatic rings. The Bertz CT molecular complexity index is 978. The van der Waals surface area contributed by atoms with Gasteiger partial charge >= 0.3 is 12.1 Å². The van der Waals surface area contributed by atoms with Crippen LogP contribution in [-0.4, -0.2) is 25.2 Å². The highest BCUT2D eigenvalue weighted by Crippen LogP contribution is 2.19. The molecular formula is C21H22NO4+. The Kier molecular flexibility index (Phi) is 5.16. The van der Waals surface area contributed by atoms with Crippen molar-refractivity contribution < 1.29 is 19.1 Å². The molecule has 1 aliphatic heterocycles. The van der Waals surface area contributed by atoms with Gasteiger partial charge in [-0.25, -0.2) is 4.79 Å².